The fourth-order valence-corrected chi connectivity index (χ4v) is 2.17. The van der Waals surface area contributed by atoms with E-state index in [2.05, 4.69) is 5.32 Å². The van der Waals surface area contributed by atoms with Gasteiger partial charge in [0, 0.05) is 36.6 Å². The number of amides is 1. The quantitative estimate of drug-likeness (QED) is 0.876. The highest BCUT2D eigenvalue weighted by Crippen LogP contribution is 2.24. The van der Waals surface area contributed by atoms with Gasteiger partial charge in [0.1, 0.15) is 5.75 Å². The summed E-state index contributed by atoms with van der Waals surface area (Å²) in [5.74, 6) is 0.780. The lowest BCUT2D eigenvalue weighted by Gasteiger charge is -2.22. The van der Waals surface area contributed by atoms with Gasteiger partial charge in [-0.3, -0.25) is 4.79 Å². The minimum absolute atomic E-state index is 0. The van der Waals surface area contributed by atoms with Crippen LogP contribution in [0.4, 0.5) is 0 Å². The van der Waals surface area contributed by atoms with Crippen molar-refractivity contribution < 1.29 is 9.53 Å². The Bertz CT molecular complexity index is 441. The highest BCUT2D eigenvalue weighted by Gasteiger charge is 2.18. The highest BCUT2D eigenvalue weighted by molar-refractivity contribution is 6.30. The maximum absolute atomic E-state index is 12.1. The molecule has 1 unspecified atom stereocenters. The van der Waals surface area contributed by atoms with Crippen LogP contribution in [0.25, 0.3) is 0 Å². The molecule has 114 valence electrons. The molecule has 0 fully saturated rings. The van der Waals surface area contributed by atoms with Crippen molar-refractivity contribution in [3.8, 4) is 5.75 Å². The van der Waals surface area contributed by atoms with Gasteiger partial charge < -0.3 is 15.0 Å². The van der Waals surface area contributed by atoms with E-state index in [0.717, 1.165) is 11.3 Å². The normalized spacial score (nSPS) is 11.4. The summed E-state index contributed by atoms with van der Waals surface area (Å²) in [5.41, 5.74) is 0.905. The molecule has 0 aromatic heterocycles. The van der Waals surface area contributed by atoms with Crippen LogP contribution >= 0.6 is 24.0 Å². The first-order chi connectivity index (χ1) is 8.99. The lowest BCUT2D eigenvalue weighted by Crippen LogP contribution is -2.35. The van der Waals surface area contributed by atoms with Gasteiger partial charge in [0.2, 0.25) is 5.91 Å². The first kappa shape index (κ1) is 19.0. The third-order valence-electron chi connectivity index (χ3n) is 2.96. The summed E-state index contributed by atoms with van der Waals surface area (Å²) in [7, 11) is 5.23. The standard InChI is InChI=1S/C14H21ClN2O2.ClH/c1-10(8-16-2)14(18)17(3)9-11-7-12(15)5-6-13(11)19-4;/h5-7,10,16H,8-9H2,1-4H3;1H. The fraction of sp³-hybridized carbons (Fsp3) is 0.500. The van der Waals surface area contributed by atoms with Crippen LogP contribution < -0.4 is 10.1 Å². The first-order valence-electron chi connectivity index (χ1n) is 6.21. The summed E-state index contributed by atoms with van der Waals surface area (Å²) >= 11 is 5.98. The molecule has 1 N–H and O–H groups in total. The summed E-state index contributed by atoms with van der Waals surface area (Å²) in [4.78, 5) is 13.8. The summed E-state index contributed by atoms with van der Waals surface area (Å²) in [5, 5.41) is 3.64. The molecule has 6 heteroatoms. The number of benzene rings is 1. The van der Waals surface area contributed by atoms with E-state index in [1.165, 1.54) is 0 Å². The van der Waals surface area contributed by atoms with Gasteiger partial charge in [0.15, 0.2) is 0 Å². The molecule has 0 aliphatic carbocycles. The Morgan fingerprint density at radius 2 is 2.15 bits per heavy atom. The number of ether oxygens (including phenoxy) is 1. The van der Waals surface area contributed by atoms with E-state index in [1.807, 2.05) is 26.1 Å². The van der Waals surface area contributed by atoms with Gasteiger partial charge in [0.25, 0.3) is 0 Å². The Morgan fingerprint density at radius 3 is 2.70 bits per heavy atom. The van der Waals surface area contributed by atoms with Crippen molar-refractivity contribution in [1.82, 2.24) is 10.2 Å². The molecule has 0 bridgehead atoms. The Hall–Kier alpha value is -0.970. The molecular weight excluding hydrogens is 299 g/mol. The van der Waals surface area contributed by atoms with Crippen molar-refractivity contribution in [3.63, 3.8) is 0 Å². The zero-order valence-corrected chi connectivity index (χ0v) is 13.8. The van der Waals surface area contributed by atoms with E-state index in [1.54, 1.807) is 25.1 Å². The van der Waals surface area contributed by atoms with Gasteiger partial charge in [-0.05, 0) is 25.2 Å². The molecule has 0 aliphatic heterocycles. The Labute approximate surface area is 131 Å². The van der Waals surface area contributed by atoms with Crippen LogP contribution in [0.15, 0.2) is 18.2 Å². The number of methoxy groups -OCH3 is 1. The second-order valence-corrected chi connectivity index (χ2v) is 5.05. The number of hydrogen-bond donors (Lipinski definition) is 1. The van der Waals surface area contributed by atoms with Crippen LogP contribution in [0.3, 0.4) is 0 Å². The number of hydrogen-bond acceptors (Lipinski definition) is 3. The molecule has 0 radical (unpaired) electrons. The molecule has 1 aromatic carbocycles. The van der Waals surface area contributed by atoms with E-state index >= 15 is 0 Å². The van der Waals surface area contributed by atoms with Crippen LogP contribution in [0, 0.1) is 5.92 Å². The highest BCUT2D eigenvalue weighted by atomic mass is 35.5. The molecular formula is C14H22Cl2N2O2. The van der Waals surface area contributed by atoms with Gasteiger partial charge in [-0.15, -0.1) is 12.4 Å². The molecule has 1 rings (SSSR count). The number of halogens is 2. The average Bonchev–Trinajstić information content (AvgIpc) is 2.38. The van der Waals surface area contributed by atoms with Gasteiger partial charge in [-0.1, -0.05) is 18.5 Å². The van der Waals surface area contributed by atoms with E-state index in [0.29, 0.717) is 18.1 Å². The molecule has 20 heavy (non-hydrogen) atoms. The SMILES string of the molecule is CNCC(C)C(=O)N(C)Cc1cc(Cl)ccc1OC.Cl. The van der Waals surface area contributed by atoms with Crippen LogP contribution in [-0.2, 0) is 11.3 Å². The molecule has 0 saturated carbocycles. The van der Waals surface area contributed by atoms with E-state index in [9.17, 15) is 4.79 Å². The van der Waals surface area contributed by atoms with Gasteiger partial charge in [-0.2, -0.15) is 0 Å². The molecule has 0 saturated heterocycles. The summed E-state index contributed by atoms with van der Waals surface area (Å²) in [6.07, 6.45) is 0. The van der Waals surface area contributed by atoms with Crippen LogP contribution in [0.2, 0.25) is 5.02 Å². The lowest BCUT2D eigenvalue weighted by molar-refractivity contribution is -0.134. The number of nitrogens with one attached hydrogen (secondary N) is 1. The van der Waals surface area contributed by atoms with Crippen molar-refractivity contribution in [2.75, 3.05) is 27.7 Å². The van der Waals surface area contributed by atoms with Crippen molar-refractivity contribution in [2.45, 2.75) is 13.5 Å². The van der Waals surface area contributed by atoms with Gasteiger partial charge >= 0.3 is 0 Å². The van der Waals surface area contributed by atoms with Gasteiger partial charge in [0.05, 0.1) is 7.11 Å². The zero-order chi connectivity index (χ0) is 14.4. The lowest BCUT2D eigenvalue weighted by atomic mass is 10.1. The minimum atomic E-state index is -0.0554. The maximum atomic E-state index is 12.1. The number of carbonyl (C=O) groups is 1. The molecule has 0 heterocycles. The van der Waals surface area contributed by atoms with E-state index in [-0.39, 0.29) is 24.2 Å². The number of nitrogens with zero attached hydrogens (tertiary/aromatic N) is 1. The molecule has 1 atom stereocenters. The maximum Gasteiger partial charge on any atom is 0.226 e. The molecule has 0 spiro atoms. The van der Waals surface area contributed by atoms with Crippen molar-refractivity contribution in [2.24, 2.45) is 5.92 Å². The third-order valence-corrected chi connectivity index (χ3v) is 3.19. The summed E-state index contributed by atoms with van der Waals surface area (Å²) in [6, 6.07) is 5.41. The largest absolute Gasteiger partial charge is 0.496 e. The Kier molecular flexibility index (Phi) is 8.62. The summed E-state index contributed by atoms with van der Waals surface area (Å²) in [6.45, 7) is 3.05. The predicted octanol–water partition coefficient (Wildman–Crippen LogP) is 2.58. The predicted molar refractivity (Wildman–Crippen MR) is 84.8 cm³/mol. The smallest absolute Gasteiger partial charge is 0.226 e. The van der Waals surface area contributed by atoms with Crippen LogP contribution in [0.1, 0.15) is 12.5 Å². The number of rotatable bonds is 6. The average molecular weight is 321 g/mol. The fourth-order valence-electron chi connectivity index (χ4n) is 1.97. The van der Waals surface area contributed by atoms with Crippen molar-refractivity contribution in [3.05, 3.63) is 28.8 Å². The van der Waals surface area contributed by atoms with Crippen LogP contribution in [0.5, 0.6) is 5.75 Å². The van der Waals surface area contributed by atoms with Gasteiger partial charge in [-0.25, -0.2) is 0 Å². The van der Waals surface area contributed by atoms with E-state index < -0.39 is 0 Å². The number of carbonyl (C=O) groups excluding carboxylic acids is 1. The molecule has 0 aliphatic rings. The minimum Gasteiger partial charge on any atom is -0.496 e. The van der Waals surface area contributed by atoms with Crippen molar-refractivity contribution >= 4 is 29.9 Å². The van der Waals surface area contributed by atoms with Crippen LogP contribution in [-0.4, -0.2) is 38.6 Å². The first-order valence-corrected chi connectivity index (χ1v) is 6.59. The zero-order valence-electron chi connectivity index (χ0n) is 12.3. The van der Waals surface area contributed by atoms with E-state index in [4.69, 9.17) is 16.3 Å². The summed E-state index contributed by atoms with van der Waals surface area (Å²) < 4.78 is 5.28. The molecule has 4 nitrogen and oxygen atoms in total. The molecule has 1 amide bonds. The van der Waals surface area contributed by atoms with Crippen molar-refractivity contribution in [1.29, 1.82) is 0 Å². The Balaban J connectivity index is 0.00000361. The second-order valence-electron chi connectivity index (χ2n) is 4.61. The molecule has 1 aromatic rings. The Morgan fingerprint density at radius 1 is 1.50 bits per heavy atom. The monoisotopic (exact) mass is 320 g/mol. The topological polar surface area (TPSA) is 41.6 Å². The second kappa shape index (κ2) is 9.06. The third kappa shape index (κ3) is 5.19.